The summed E-state index contributed by atoms with van der Waals surface area (Å²) in [6.45, 7) is 2.05. The molecule has 0 aliphatic carbocycles. The summed E-state index contributed by atoms with van der Waals surface area (Å²) in [5.74, 6) is 1.02. The molecule has 0 aliphatic heterocycles. The van der Waals surface area contributed by atoms with Crippen molar-refractivity contribution in [1.29, 1.82) is 5.26 Å². The minimum Gasteiger partial charge on any atom is -0.342 e. The Hall–Kier alpha value is -2.87. The smallest absolute Gasteiger partial charge is 0.274 e. The maximum Gasteiger partial charge on any atom is 0.274 e. The third-order valence-electron chi connectivity index (χ3n) is 2.95. The van der Waals surface area contributed by atoms with Crippen LogP contribution in [0.1, 0.15) is 22.6 Å². The van der Waals surface area contributed by atoms with Gasteiger partial charge in [-0.2, -0.15) is 10.2 Å². The van der Waals surface area contributed by atoms with Gasteiger partial charge in [0.25, 0.3) is 5.89 Å². The number of hydrogen-bond donors (Lipinski definition) is 1. The molecule has 0 amide bonds. The number of aromatic nitrogens is 3. The third-order valence-corrected chi connectivity index (χ3v) is 2.95. The first-order valence-corrected chi connectivity index (χ1v) is 6.22. The summed E-state index contributed by atoms with van der Waals surface area (Å²) in [5.41, 5.74) is 3.47. The fourth-order valence-electron chi connectivity index (χ4n) is 2.02. The summed E-state index contributed by atoms with van der Waals surface area (Å²) < 4.78 is 5.21. The molecule has 0 aliphatic rings. The van der Waals surface area contributed by atoms with Gasteiger partial charge in [-0.3, -0.25) is 0 Å². The maximum absolute atomic E-state index is 8.78. The second kappa shape index (κ2) is 5.02. The van der Waals surface area contributed by atoms with E-state index in [0.29, 0.717) is 29.5 Å². The number of nitrogens with zero attached hydrogens (tertiary/aromatic N) is 3. The van der Waals surface area contributed by atoms with E-state index in [9.17, 15) is 0 Å². The first kappa shape index (κ1) is 12.2. The molecule has 20 heavy (non-hydrogen) atoms. The maximum atomic E-state index is 8.78. The highest BCUT2D eigenvalue weighted by Crippen LogP contribution is 2.17. The Morgan fingerprint density at radius 2 is 2.20 bits per heavy atom. The van der Waals surface area contributed by atoms with Gasteiger partial charge in [0.1, 0.15) is 17.5 Å². The molecule has 1 N–H and O–H groups in total. The van der Waals surface area contributed by atoms with Crippen molar-refractivity contribution in [3.63, 3.8) is 0 Å². The minimum absolute atomic E-state index is 0.397. The zero-order valence-electron chi connectivity index (χ0n) is 10.9. The van der Waals surface area contributed by atoms with Crippen molar-refractivity contribution in [1.82, 2.24) is 15.1 Å². The molecular formula is C15H12N4O. The number of benzene rings is 1. The first-order valence-electron chi connectivity index (χ1n) is 6.22. The van der Waals surface area contributed by atoms with Gasteiger partial charge >= 0.3 is 0 Å². The van der Waals surface area contributed by atoms with Gasteiger partial charge in [-0.25, -0.2) is 0 Å². The van der Waals surface area contributed by atoms with Crippen LogP contribution in [-0.4, -0.2) is 15.1 Å². The van der Waals surface area contributed by atoms with E-state index >= 15 is 0 Å². The zero-order chi connectivity index (χ0) is 13.9. The van der Waals surface area contributed by atoms with Gasteiger partial charge in [-0.1, -0.05) is 35.0 Å². The fourth-order valence-corrected chi connectivity index (χ4v) is 2.02. The Bertz CT molecular complexity index is 779. The number of aromatic amines is 1. The summed E-state index contributed by atoms with van der Waals surface area (Å²) in [6, 6.07) is 13.6. The van der Waals surface area contributed by atoms with Crippen LogP contribution in [0, 0.1) is 18.3 Å². The molecule has 3 aromatic rings. The van der Waals surface area contributed by atoms with E-state index in [0.717, 1.165) is 5.56 Å². The highest BCUT2D eigenvalue weighted by Gasteiger charge is 2.11. The second-order valence-electron chi connectivity index (χ2n) is 4.58. The van der Waals surface area contributed by atoms with Crippen molar-refractivity contribution >= 4 is 0 Å². The van der Waals surface area contributed by atoms with Gasteiger partial charge in [-0.05, 0) is 24.6 Å². The molecule has 0 saturated carbocycles. The Morgan fingerprint density at radius 3 is 2.95 bits per heavy atom. The molecule has 5 heteroatoms. The highest BCUT2D eigenvalue weighted by atomic mass is 16.5. The quantitative estimate of drug-likeness (QED) is 0.789. The van der Waals surface area contributed by atoms with Gasteiger partial charge in [0.2, 0.25) is 0 Å². The predicted molar refractivity (Wildman–Crippen MR) is 72.8 cm³/mol. The number of H-pyrrole nitrogens is 1. The molecule has 0 fully saturated rings. The van der Waals surface area contributed by atoms with Gasteiger partial charge in [-0.15, -0.1) is 0 Å². The van der Waals surface area contributed by atoms with Crippen LogP contribution < -0.4 is 0 Å². The lowest BCUT2D eigenvalue weighted by atomic mass is 10.1. The lowest BCUT2D eigenvalue weighted by Gasteiger charge is -1.97. The number of rotatable bonds is 3. The first-order chi connectivity index (χ1) is 9.74. The van der Waals surface area contributed by atoms with Crippen LogP contribution in [0.4, 0.5) is 0 Å². The van der Waals surface area contributed by atoms with E-state index in [-0.39, 0.29) is 0 Å². The molecule has 5 nitrogen and oxygen atoms in total. The minimum atomic E-state index is 0.397. The molecule has 0 saturated heterocycles. The zero-order valence-corrected chi connectivity index (χ0v) is 10.9. The summed E-state index contributed by atoms with van der Waals surface area (Å²) >= 11 is 0. The van der Waals surface area contributed by atoms with Crippen LogP contribution >= 0.6 is 0 Å². The van der Waals surface area contributed by atoms with Crippen molar-refractivity contribution in [3.8, 4) is 17.7 Å². The Balaban J connectivity index is 1.82. The van der Waals surface area contributed by atoms with E-state index in [2.05, 4.69) is 21.2 Å². The molecule has 2 aromatic heterocycles. The van der Waals surface area contributed by atoms with Crippen LogP contribution in [-0.2, 0) is 6.42 Å². The third kappa shape index (κ3) is 2.45. The Morgan fingerprint density at radius 1 is 1.30 bits per heavy atom. The molecule has 0 unspecified atom stereocenters. The Kier molecular flexibility index (Phi) is 3.05. The molecule has 2 heterocycles. The average molecular weight is 264 g/mol. The van der Waals surface area contributed by atoms with Crippen molar-refractivity contribution in [2.24, 2.45) is 0 Å². The highest BCUT2D eigenvalue weighted by molar-refractivity contribution is 5.49. The van der Waals surface area contributed by atoms with Crippen LogP contribution in [0.15, 0.2) is 40.9 Å². The molecule has 0 atom stereocenters. The van der Waals surface area contributed by atoms with Gasteiger partial charge in [0.05, 0.1) is 0 Å². The molecule has 98 valence electrons. The van der Waals surface area contributed by atoms with Crippen molar-refractivity contribution in [2.45, 2.75) is 13.3 Å². The molecular weight excluding hydrogens is 252 g/mol. The van der Waals surface area contributed by atoms with Crippen molar-refractivity contribution in [3.05, 3.63) is 59.0 Å². The monoisotopic (exact) mass is 264 g/mol. The lowest BCUT2D eigenvalue weighted by Crippen LogP contribution is -1.91. The fraction of sp³-hybridized carbons (Fsp3) is 0.133. The lowest BCUT2D eigenvalue weighted by molar-refractivity contribution is 0.423. The number of aryl methyl sites for hydroxylation is 1. The topological polar surface area (TPSA) is 78.5 Å². The van der Waals surface area contributed by atoms with E-state index in [1.165, 1.54) is 5.56 Å². The summed E-state index contributed by atoms with van der Waals surface area (Å²) in [5, 5.41) is 12.7. The summed E-state index contributed by atoms with van der Waals surface area (Å²) in [7, 11) is 0. The largest absolute Gasteiger partial charge is 0.342 e. The number of nitrogens with one attached hydrogen (secondary N) is 1. The van der Waals surface area contributed by atoms with Crippen LogP contribution in [0.5, 0.6) is 0 Å². The Labute approximate surface area is 115 Å². The van der Waals surface area contributed by atoms with E-state index in [4.69, 9.17) is 9.78 Å². The summed E-state index contributed by atoms with van der Waals surface area (Å²) in [4.78, 5) is 7.24. The van der Waals surface area contributed by atoms with Gasteiger partial charge in [0.15, 0.2) is 5.82 Å². The van der Waals surface area contributed by atoms with Crippen LogP contribution in [0.25, 0.3) is 11.6 Å². The standard InChI is InChI=1S/C15H12N4O/c1-10-3-2-4-11(7-10)8-14-18-15(20-19-14)13-6-5-12(9-16)17-13/h2-7,17H,8H2,1H3. The number of hydrogen-bond acceptors (Lipinski definition) is 4. The SMILES string of the molecule is Cc1cccc(Cc2noc(-c3ccc(C#N)[nH]3)n2)c1. The molecule has 0 radical (unpaired) electrons. The normalized spacial score (nSPS) is 10.4. The van der Waals surface area contributed by atoms with Crippen LogP contribution in [0.3, 0.4) is 0 Å². The van der Waals surface area contributed by atoms with E-state index in [1.807, 2.05) is 31.2 Å². The van der Waals surface area contributed by atoms with Gasteiger partial charge in [0, 0.05) is 6.42 Å². The molecule has 0 spiro atoms. The van der Waals surface area contributed by atoms with Crippen molar-refractivity contribution < 1.29 is 4.52 Å². The number of nitriles is 1. The average Bonchev–Trinajstić information content (AvgIpc) is 3.07. The van der Waals surface area contributed by atoms with Gasteiger partial charge < -0.3 is 9.51 Å². The second-order valence-corrected chi connectivity index (χ2v) is 4.58. The molecule has 0 bridgehead atoms. The van der Waals surface area contributed by atoms with Crippen molar-refractivity contribution in [2.75, 3.05) is 0 Å². The van der Waals surface area contributed by atoms with Crippen LogP contribution in [0.2, 0.25) is 0 Å². The molecule has 1 aromatic carbocycles. The van der Waals surface area contributed by atoms with E-state index < -0.39 is 0 Å². The summed E-state index contributed by atoms with van der Waals surface area (Å²) in [6.07, 6.45) is 0.622. The molecule has 3 rings (SSSR count). The predicted octanol–water partition coefficient (Wildman–Crippen LogP) is 2.84. The van der Waals surface area contributed by atoms with E-state index in [1.54, 1.807) is 12.1 Å².